The van der Waals surface area contributed by atoms with E-state index in [1.807, 2.05) is 0 Å². The summed E-state index contributed by atoms with van der Waals surface area (Å²) < 4.78 is 5.42. The van der Waals surface area contributed by atoms with Gasteiger partial charge in [-0.25, -0.2) is 0 Å². The Morgan fingerprint density at radius 1 is 1.43 bits per heavy atom. The molecule has 3 N–H and O–H groups in total. The number of aromatic amines is 1. The van der Waals surface area contributed by atoms with Crippen LogP contribution in [0.4, 0.5) is 0 Å². The number of H-pyrrole nitrogens is 1. The smallest absolute Gasteiger partial charge is 0.304 e. The van der Waals surface area contributed by atoms with Crippen LogP contribution in [0.3, 0.4) is 0 Å². The topological polar surface area (TPSA) is 74.4 Å². The summed E-state index contributed by atoms with van der Waals surface area (Å²) >= 11 is 12.9. The summed E-state index contributed by atoms with van der Waals surface area (Å²) in [7, 11) is 0. The van der Waals surface area contributed by atoms with Gasteiger partial charge in [-0.3, -0.25) is 4.79 Å². The van der Waals surface area contributed by atoms with Crippen LogP contribution in [0.1, 0.15) is 5.69 Å². The molecule has 2 rings (SSSR count). The van der Waals surface area contributed by atoms with Gasteiger partial charge < -0.3 is 20.1 Å². The lowest BCUT2D eigenvalue weighted by atomic mass is 10.3. The molecule has 5 nitrogen and oxygen atoms in total. The van der Waals surface area contributed by atoms with Crippen LogP contribution in [0.25, 0.3) is 0 Å². The molecule has 0 saturated heterocycles. The van der Waals surface area contributed by atoms with E-state index in [-0.39, 0.29) is 11.5 Å². The molecular weight excluding hydrogens is 335 g/mol. The first-order chi connectivity index (χ1) is 10.0. The van der Waals surface area contributed by atoms with Gasteiger partial charge in [-0.2, -0.15) is 0 Å². The predicted molar refractivity (Wildman–Crippen MR) is 84.6 cm³/mol. The van der Waals surface area contributed by atoms with Gasteiger partial charge in [-0.1, -0.05) is 34.5 Å². The minimum absolute atomic E-state index is 0.0905. The summed E-state index contributed by atoms with van der Waals surface area (Å²) in [5.41, 5.74) is 0.788. The molecule has 21 heavy (non-hydrogen) atoms. The minimum atomic E-state index is -0.703. The van der Waals surface area contributed by atoms with E-state index in [1.54, 1.807) is 23.6 Å². The Morgan fingerprint density at radius 2 is 2.24 bits per heavy atom. The molecule has 1 unspecified atom stereocenters. The number of halogens is 2. The van der Waals surface area contributed by atoms with Gasteiger partial charge in [0.05, 0.1) is 5.02 Å². The third-order valence-corrected chi connectivity index (χ3v) is 3.86. The first-order valence-corrected chi connectivity index (χ1v) is 7.81. The molecule has 1 atom stereocenters. The van der Waals surface area contributed by atoms with Crippen LogP contribution in [0.2, 0.25) is 10.0 Å². The molecule has 2 aromatic rings. The molecule has 1 heterocycles. The van der Waals surface area contributed by atoms with Crippen molar-refractivity contribution in [2.24, 2.45) is 0 Å². The van der Waals surface area contributed by atoms with E-state index in [1.165, 1.54) is 0 Å². The van der Waals surface area contributed by atoms with Gasteiger partial charge >= 0.3 is 4.87 Å². The van der Waals surface area contributed by atoms with E-state index in [4.69, 9.17) is 27.9 Å². The Bertz CT molecular complexity index is 644. The number of thiazole rings is 1. The van der Waals surface area contributed by atoms with Crippen LogP contribution in [0, 0.1) is 0 Å². The van der Waals surface area contributed by atoms with Crippen molar-refractivity contribution in [2.45, 2.75) is 12.6 Å². The van der Waals surface area contributed by atoms with Crippen molar-refractivity contribution >= 4 is 34.5 Å². The summed E-state index contributed by atoms with van der Waals surface area (Å²) in [4.78, 5) is 13.5. The highest BCUT2D eigenvalue weighted by atomic mass is 35.5. The first kappa shape index (κ1) is 16.3. The van der Waals surface area contributed by atoms with Crippen molar-refractivity contribution in [1.29, 1.82) is 0 Å². The van der Waals surface area contributed by atoms with Crippen molar-refractivity contribution in [1.82, 2.24) is 10.3 Å². The zero-order chi connectivity index (χ0) is 15.2. The molecule has 0 saturated carbocycles. The number of rotatable bonds is 7. The maximum absolute atomic E-state index is 10.9. The van der Waals surface area contributed by atoms with Gasteiger partial charge in [-0.15, -0.1) is 0 Å². The number of hydrogen-bond acceptors (Lipinski definition) is 5. The normalized spacial score (nSPS) is 12.3. The summed E-state index contributed by atoms with van der Waals surface area (Å²) in [6, 6.07) is 4.90. The van der Waals surface area contributed by atoms with Crippen molar-refractivity contribution in [3.05, 3.63) is 49.0 Å². The van der Waals surface area contributed by atoms with E-state index in [2.05, 4.69) is 10.3 Å². The van der Waals surface area contributed by atoms with E-state index in [0.717, 1.165) is 17.0 Å². The number of aromatic nitrogens is 1. The lowest BCUT2D eigenvalue weighted by Crippen LogP contribution is -2.31. The maximum atomic E-state index is 10.9. The fraction of sp³-hybridized carbons (Fsp3) is 0.308. The monoisotopic (exact) mass is 348 g/mol. The fourth-order valence-corrected chi connectivity index (χ4v) is 2.52. The molecular formula is C13H14Cl2N2O3S. The number of ether oxygens (including phenoxy) is 1. The molecule has 114 valence electrons. The maximum Gasteiger partial charge on any atom is 0.304 e. The number of nitrogens with one attached hydrogen (secondary N) is 2. The van der Waals surface area contributed by atoms with Gasteiger partial charge in [0.25, 0.3) is 0 Å². The summed E-state index contributed by atoms with van der Waals surface area (Å²) in [5, 5.41) is 15.5. The molecule has 0 aliphatic carbocycles. The van der Waals surface area contributed by atoms with E-state index < -0.39 is 6.10 Å². The van der Waals surface area contributed by atoms with Gasteiger partial charge in [0, 0.05) is 35.3 Å². The molecule has 0 radical (unpaired) electrons. The van der Waals surface area contributed by atoms with Crippen LogP contribution in [0.5, 0.6) is 5.75 Å². The summed E-state index contributed by atoms with van der Waals surface area (Å²) in [5.74, 6) is 0.436. The number of aliphatic hydroxyl groups excluding tert-OH is 1. The number of aliphatic hydroxyl groups is 1. The SMILES string of the molecule is O=c1[nH]c(CNCC(O)COc2cc(Cl)ccc2Cl)cs1. The van der Waals surface area contributed by atoms with Crippen LogP contribution in [-0.2, 0) is 6.54 Å². The average Bonchev–Trinajstić information content (AvgIpc) is 2.85. The Morgan fingerprint density at radius 3 is 2.95 bits per heavy atom. The third-order valence-electron chi connectivity index (χ3n) is 2.59. The lowest BCUT2D eigenvalue weighted by Gasteiger charge is -2.14. The van der Waals surface area contributed by atoms with Gasteiger partial charge in [0.1, 0.15) is 18.5 Å². The lowest BCUT2D eigenvalue weighted by molar-refractivity contribution is 0.106. The highest BCUT2D eigenvalue weighted by Crippen LogP contribution is 2.27. The van der Waals surface area contributed by atoms with Crippen molar-refractivity contribution < 1.29 is 9.84 Å². The van der Waals surface area contributed by atoms with Crippen molar-refractivity contribution in [3.8, 4) is 5.75 Å². The fourth-order valence-electron chi connectivity index (χ4n) is 1.61. The average molecular weight is 349 g/mol. The second-order valence-corrected chi connectivity index (χ2v) is 6.03. The molecule has 0 spiro atoms. The molecule has 0 bridgehead atoms. The first-order valence-electron chi connectivity index (χ1n) is 6.18. The summed E-state index contributed by atoms with van der Waals surface area (Å²) in [6.07, 6.45) is -0.703. The van der Waals surface area contributed by atoms with Gasteiger partial charge in [-0.05, 0) is 12.1 Å². The van der Waals surface area contributed by atoms with E-state index >= 15 is 0 Å². The second-order valence-electron chi connectivity index (χ2n) is 4.34. The molecule has 0 fully saturated rings. The molecule has 1 aromatic carbocycles. The van der Waals surface area contributed by atoms with Crippen LogP contribution in [-0.4, -0.2) is 29.3 Å². The second kappa shape index (κ2) is 7.82. The third kappa shape index (κ3) is 5.33. The van der Waals surface area contributed by atoms with Crippen LogP contribution >= 0.6 is 34.5 Å². The number of hydrogen-bond donors (Lipinski definition) is 3. The predicted octanol–water partition coefficient (Wildman–Crippen LogP) is 2.27. The molecule has 0 aliphatic heterocycles. The van der Waals surface area contributed by atoms with Gasteiger partial charge in [0.15, 0.2) is 0 Å². The van der Waals surface area contributed by atoms with Crippen LogP contribution < -0.4 is 14.9 Å². The zero-order valence-electron chi connectivity index (χ0n) is 10.9. The highest BCUT2D eigenvalue weighted by molar-refractivity contribution is 7.07. The molecule has 0 amide bonds. The standard InChI is InChI=1S/C13H14Cl2N2O3S/c14-8-1-2-11(15)12(3-8)20-6-10(18)5-16-4-9-7-21-13(19)17-9/h1-3,7,10,16,18H,4-6H2,(H,17,19). The Balaban J connectivity index is 1.73. The summed E-state index contributed by atoms with van der Waals surface area (Å²) in [6.45, 7) is 0.900. The molecule has 8 heteroatoms. The molecule has 1 aromatic heterocycles. The van der Waals surface area contributed by atoms with Gasteiger partial charge in [0.2, 0.25) is 0 Å². The Kier molecular flexibility index (Phi) is 6.08. The van der Waals surface area contributed by atoms with Crippen molar-refractivity contribution in [3.63, 3.8) is 0 Å². The quantitative estimate of drug-likeness (QED) is 0.717. The minimum Gasteiger partial charge on any atom is -0.489 e. The Labute approximate surface area is 135 Å². The molecule has 0 aliphatic rings. The van der Waals surface area contributed by atoms with E-state index in [0.29, 0.717) is 28.9 Å². The zero-order valence-corrected chi connectivity index (χ0v) is 13.3. The van der Waals surface area contributed by atoms with E-state index in [9.17, 15) is 9.90 Å². The Hall–Kier alpha value is -1.05. The highest BCUT2D eigenvalue weighted by Gasteiger charge is 2.08. The number of benzene rings is 1. The van der Waals surface area contributed by atoms with Crippen LogP contribution in [0.15, 0.2) is 28.4 Å². The van der Waals surface area contributed by atoms with Crippen molar-refractivity contribution in [2.75, 3.05) is 13.2 Å². The largest absolute Gasteiger partial charge is 0.489 e.